The molecule has 3 aromatic rings. The highest BCUT2D eigenvalue weighted by atomic mass is 16.5. The van der Waals surface area contributed by atoms with Crippen LogP contribution in [0.3, 0.4) is 0 Å². The zero-order valence-corrected chi connectivity index (χ0v) is 18.2. The first kappa shape index (κ1) is 20.3. The summed E-state index contributed by atoms with van der Waals surface area (Å²) in [5.41, 5.74) is 4.19. The van der Waals surface area contributed by atoms with Gasteiger partial charge in [-0.3, -0.25) is 0 Å². The Hall–Kier alpha value is -3.02. The van der Waals surface area contributed by atoms with Crippen molar-refractivity contribution in [3.8, 4) is 11.5 Å². The van der Waals surface area contributed by atoms with Crippen LogP contribution in [0.15, 0.2) is 30.3 Å². The fraction of sp³-hybridized carbons (Fsp3) is 0.417. The Morgan fingerprint density at radius 1 is 0.833 bits per heavy atom. The molecule has 1 aromatic heterocycles. The third kappa shape index (κ3) is 4.42. The van der Waals surface area contributed by atoms with Gasteiger partial charge in [-0.15, -0.1) is 0 Å². The van der Waals surface area contributed by atoms with Crippen LogP contribution in [0.4, 0.5) is 17.5 Å². The summed E-state index contributed by atoms with van der Waals surface area (Å²) in [6.07, 6.45) is 6.15. The van der Waals surface area contributed by atoms with Crippen LogP contribution in [-0.2, 0) is 0 Å². The van der Waals surface area contributed by atoms with E-state index in [0.717, 1.165) is 22.4 Å². The second-order valence-electron chi connectivity index (χ2n) is 8.10. The number of ether oxygens (including phenoxy) is 2. The second kappa shape index (κ2) is 8.78. The topological polar surface area (TPSA) is 68.3 Å². The van der Waals surface area contributed by atoms with Crippen LogP contribution in [0.1, 0.15) is 43.2 Å². The number of nitrogens with one attached hydrogen (secondary N) is 2. The molecule has 0 bridgehead atoms. The number of hydrogen-bond acceptors (Lipinski definition) is 6. The summed E-state index contributed by atoms with van der Waals surface area (Å²) in [7, 11) is 3.29. The van der Waals surface area contributed by atoms with Crippen molar-refractivity contribution in [3.05, 3.63) is 41.5 Å². The first-order chi connectivity index (χ1) is 14.6. The van der Waals surface area contributed by atoms with Gasteiger partial charge in [-0.2, -0.15) is 4.98 Å². The lowest BCUT2D eigenvalue weighted by Crippen LogP contribution is -2.23. The van der Waals surface area contributed by atoms with Gasteiger partial charge in [-0.05, 0) is 56.0 Å². The van der Waals surface area contributed by atoms with Crippen molar-refractivity contribution in [2.24, 2.45) is 0 Å². The van der Waals surface area contributed by atoms with Gasteiger partial charge in [0.2, 0.25) is 5.95 Å². The van der Waals surface area contributed by atoms with E-state index in [2.05, 4.69) is 42.7 Å². The largest absolute Gasteiger partial charge is 0.493 e. The van der Waals surface area contributed by atoms with E-state index in [1.165, 1.54) is 43.2 Å². The van der Waals surface area contributed by atoms with Gasteiger partial charge >= 0.3 is 0 Å². The molecule has 1 saturated carbocycles. The molecule has 6 heteroatoms. The Kier molecular flexibility index (Phi) is 5.93. The van der Waals surface area contributed by atoms with Gasteiger partial charge < -0.3 is 20.1 Å². The Labute approximate surface area is 178 Å². The molecule has 6 nitrogen and oxygen atoms in total. The normalized spacial score (nSPS) is 14.5. The summed E-state index contributed by atoms with van der Waals surface area (Å²) in [6, 6.07) is 10.7. The molecule has 0 amide bonds. The van der Waals surface area contributed by atoms with Gasteiger partial charge in [-0.25, -0.2) is 4.98 Å². The number of aryl methyl sites for hydroxylation is 2. The maximum atomic E-state index is 5.52. The van der Waals surface area contributed by atoms with Crippen molar-refractivity contribution in [1.82, 2.24) is 9.97 Å². The lowest BCUT2D eigenvalue weighted by atomic mass is 9.95. The zero-order valence-electron chi connectivity index (χ0n) is 18.2. The van der Waals surface area contributed by atoms with Crippen molar-refractivity contribution in [2.45, 2.75) is 52.0 Å². The maximum absolute atomic E-state index is 5.52. The molecule has 0 aliphatic heterocycles. The molecule has 1 aliphatic rings. The molecule has 1 fully saturated rings. The monoisotopic (exact) mass is 406 g/mol. The van der Waals surface area contributed by atoms with E-state index >= 15 is 0 Å². The fourth-order valence-corrected chi connectivity index (χ4v) is 4.24. The quantitative estimate of drug-likeness (QED) is 0.543. The first-order valence-electron chi connectivity index (χ1n) is 10.6. The summed E-state index contributed by atoms with van der Waals surface area (Å²) in [5, 5.41) is 8.00. The third-order valence-corrected chi connectivity index (χ3v) is 5.62. The molecule has 2 aromatic carbocycles. The van der Waals surface area contributed by atoms with E-state index in [9.17, 15) is 0 Å². The lowest BCUT2D eigenvalue weighted by Gasteiger charge is -2.24. The van der Waals surface area contributed by atoms with Crippen molar-refractivity contribution >= 4 is 28.4 Å². The fourth-order valence-electron chi connectivity index (χ4n) is 4.24. The molecule has 4 rings (SSSR count). The van der Waals surface area contributed by atoms with Crippen LogP contribution < -0.4 is 20.1 Å². The van der Waals surface area contributed by atoms with Crippen LogP contribution in [0.2, 0.25) is 0 Å². The molecule has 1 aliphatic carbocycles. The number of methoxy groups -OCH3 is 2. The van der Waals surface area contributed by atoms with Gasteiger partial charge in [0.25, 0.3) is 0 Å². The number of aromatic nitrogens is 2. The van der Waals surface area contributed by atoms with Gasteiger partial charge in [0.15, 0.2) is 11.5 Å². The highest BCUT2D eigenvalue weighted by Crippen LogP contribution is 2.36. The highest BCUT2D eigenvalue weighted by molar-refractivity contribution is 5.93. The van der Waals surface area contributed by atoms with E-state index in [4.69, 9.17) is 19.4 Å². The van der Waals surface area contributed by atoms with E-state index in [0.29, 0.717) is 23.5 Å². The van der Waals surface area contributed by atoms with Crippen molar-refractivity contribution in [2.75, 3.05) is 24.9 Å². The number of fused-ring (bicyclic) bond motifs is 1. The molecule has 158 valence electrons. The molecule has 0 saturated heterocycles. The molecular formula is C24H30N4O2. The van der Waals surface area contributed by atoms with Crippen molar-refractivity contribution in [3.63, 3.8) is 0 Å². The zero-order chi connectivity index (χ0) is 21.1. The average molecular weight is 407 g/mol. The second-order valence-corrected chi connectivity index (χ2v) is 8.10. The Morgan fingerprint density at radius 2 is 1.50 bits per heavy atom. The SMILES string of the molecule is COc1cc2nc(Nc3cc(C)cc(C)c3)nc(NC3CCCCC3)c2cc1OC. The number of rotatable bonds is 6. The smallest absolute Gasteiger partial charge is 0.229 e. The molecule has 0 unspecified atom stereocenters. The number of benzene rings is 2. The molecule has 2 N–H and O–H groups in total. The summed E-state index contributed by atoms with van der Waals surface area (Å²) < 4.78 is 11.0. The van der Waals surface area contributed by atoms with E-state index in [1.54, 1.807) is 14.2 Å². The minimum absolute atomic E-state index is 0.430. The molecule has 30 heavy (non-hydrogen) atoms. The standard InChI is InChI=1S/C24H30N4O2/c1-15-10-16(2)12-18(11-15)26-24-27-20-14-22(30-4)21(29-3)13-19(20)23(28-24)25-17-8-6-5-7-9-17/h10-14,17H,5-9H2,1-4H3,(H2,25,26,27,28). The summed E-state index contributed by atoms with van der Waals surface area (Å²) >= 11 is 0. The minimum atomic E-state index is 0.430. The first-order valence-corrected chi connectivity index (χ1v) is 10.6. The predicted octanol–water partition coefficient (Wildman–Crippen LogP) is 5.75. The molecule has 0 radical (unpaired) electrons. The van der Waals surface area contributed by atoms with Gasteiger partial charge in [0.05, 0.1) is 19.7 Å². The molecule has 1 heterocycles. The Bertz CT molecular complexity index is 1020. The minimum Gasteiger partial charge on any atom is -0.493 e. The maximum Gasteiger partial charge on any atom is 0.229 e. The number of anilines is 3. The molecular weight excluding hydrogens is 376 g/mol. The number of nitrogens with zero attached hydrogens (tertiary/aromatic N) is 2. The van der Waals surface area contributed by atoms with Crippen LogP contribution in [-0.4, -0.2) is 30.2 Å². The molecule has 0 atom stereocenters. The Balaban J connectivity index is 1.77. The predicted molar refractivity (Wildman–Crippen MR) is 122 cm³/mol. The van der Waals surface area contributed by atoms with Gasteiger partial charge in [0.1, 0.15) is 5.82 Å². The highest BCUT2D eigenvalue weighted by Gasteiger charge is 2.18. The van der Waals surface area contributed by atoms with E-state index in [-0.39, 0.29) is 0 Å². The van der Waals surface area contributed by atoms with Crippen LogP contribution in [0.5, 0.6) is 11.5 Å². The van der Waals surface area contributed by atoms with E-state index in [1.807, 2.05) is 12.1 Å². The summed E-state index contributed by atoms with van der Waals surface area (Å²) in [4.78, 5) is 9.62. The third-order valence-electron chi connectivity index (χ3n) is 5.62. The lowest BCUT2D eigenvalue weighted by molar-refractivity contribution is 0.356. The Morgan fingerprint density at radius 3 is 2.17 bits per heavy atom. The van der Waals surface area contributed by atoms with Gasteiger partial charge in [0, 0.05) is 23.2 Å². The van der Waals surface area contributed by atoms with Crippen molar-refractivity contribution in [1.29, 1.82) is 0 Å². The molecule has 0 spiro atoms. The summed E-state index contributed by atoms with van der Waals surface area (Å²) in [5.74, 6) is 2.73. The van der Waals surface area contributed by atoms with Crippen LogP contribution >= 0.6 is 0 Å². The van der Waals surface area contributed by atoms with Crippen LogP contribution in [0, 0.1) is 13.8 Å². The van der Waals surface area contributed by atoms with E-state index < -0.39 is 0 Å². The average Bonchev–Trinajstić information content (AvgIpc) is 2.73. The van der Waals surface area contributed by atoms with Crippen LogP contribution in [0.25, 0.3) is 10.9 Å². The number of hydrogen-bond donors (Lipinski definition) is 2. The van der Waals surface area contributed by atoms with Crippen molar-refractivity contribution < 1.29 is 9.47 Å². The summed E-state index contributed by atoms with van der Waals surface area (Å²) in [6.45, 7) is 4.18. The van der Waals surface area contributed by atoms with Gasteiger partial charge in [-0.1, -0.05) is 25.3 Å².